The van der Waals surface area contributed by atoms with Crippen LogP contribution in [0.3, 0.4) is 0 Å². The summed E-state index contributed by atoms with van der Waals surface area (Å²) in [5, 5.41) is 14.3. The van der Waals surface area contributed by atoms with Crippen LogP contribution in [-0.2, 0) is 10.0 Å². The Bertz CT molecular complexity index is 669. The van der Waals surface area contributed by atoms with Gasteiger partial charge in [0.2, 0.25) is 10.0 Å². The number of nitrogens with zero attached hydrogens (tertiary/aromatic N) is 2. The lowest BCUT2D eigenvalue weighted by Crippen LogP contribution is -2.41. The first-order valence-electron chi connectivity index (χ1n) is 7.44. The Labute approximate surface area is 135 Å². The van der Waals surface area contributed by atoms with Crippen LogP contribution < -0.4 is 10.1 Å². The highest BCUT2D eigenvalue weighted by molar-refractivity contribution is 7.88. The van der Waals surface area contributed by atoms with Gasteiger partial charge in [0, 0.05) is 37.0 Å². The molecule has 1 saturated heterocycles. The maximum absolute atomic E-state index is 11.5. The van der Waals surface area contributed by atoms with E-state index < -0.39 is 14.9 Å². The average molecular weight is 343 g/mol. The van der Waals surface area contributed by atoms with Crippen molar-refractivity contribution in [3.05, 3.63) is 28.3 Å². The predicted octanol–water partition coefficient (Wildman–Crippen LogP) is 1.83. The first-order chi connectivity index (χ1) is 10.8. The summed E-state index contributed by atoms with van der Waals surface area (Å²) >= 11 is 0. The van der Waals surface area contributed by atoms with Gasteiger partial charge < -0.3 is 10.1 Å². The first kappa shape index (κ1) is 17.5. The number of nitrogens with one attached hydrogen (secondary N) is 1. The van der Waals surface area contributed by atoms with Gasteiger partial charge in [-0.15, -0.1) is 0 Å². The second kappa shape index (κ2) is 7.14. The molecule has 1 fully saturated rings. The van der Waals surface area contributed by atoms with Crippen LogP contribution in [-0.4, -0.2) is 49.6 Å². The smallest absolute Gasteiger partial charge is 0.311 e. The van der Waals surface area contributed by atoms with Crippen LogP contribution in [0, 0.1) is 10.1 Å². The van der Waals surface area contributed by atoms with Crippen LogP contribution >= 0.6 is 0 Å². The van der Waals surface area contributed by atoms with Crippen LogP contribution in [0.1, 0.15) is 19.8 Å². The number of benzene rings is 1. The topological polar surface area (TPSA) is 102 Å². The molecule has 23 heavy (non-hydrogen) atoms. The van der Waals surface area contributed by atoms with Crippen molar-refractivity contribution in [3.63, 3.8) is 0 Å². The van der Waals surface area contributed by atoms with Crippen molar-refractivity contribution in [1.29, 1.82) is 0 Å². The van der Waals surface area contributed by atoms with E-state index in [0.717, 1.165) is 5.69 Å². The third-order valence-corrected chi connectivity index (χ3v) is 5.05. The average Bonchev–Trinajstić information content (AvgIpc) is 2.47. The number of anilines is 1. The molecule has 128 valence electrons. The fraction of sp³-hybridized carbons (Fsp3) is 0.571. The molecule has 0 saturated carbocycles. The molecule has 8 nitrogen and oxygen atoms in total. The molecule has 1 aromatic carbocycles. The molecule has 0 bridgehead atoms. The van der Waals surface area contributed by atoms with Gasteiger partial charge in [0.1, 0.15) is 0 Å². The Kier molecular flexibility index (Phi) is 5.42. The number of rotatable bonds is 6. The van der Waals surface area contributed by atoms with Crippen LogP contribution in [0.2, 0.25) is 0 Å². The Morgan fingerprint density at radius 3 is 2.57 bits per heavy atom. The molecule has 0 atom stereocenters. The summed E-state index contributed by atoms with van der Waals surface area (Å²) in [7, 11) is -3.14. The molecular formula is C14H21N3O5S. The third kappa shape index (κ3) is 4.55. The van der Waals surface area contributed by atoms with E-state index in [1.165, 1.54) is 16.6 Å². The van der Waals surface area contributed by atoms with Gasteiger partial charge in [-0.2, -0.15) is 0 Å². The maximum atomic E-state index is 11.5. The molecule has 0 unspecified atom stereocenters. The van der Waals surface area contributed by atoms with E-state index in [-0.39, 0.29) is 17.5 Å². The highest BCUT2D eigenvalue weighted by Gasteiger charge is 2.25. The van der Waals surface area contributed by atoms with E-state index in [1.54, 1.807) is 19.1 Å². The van der Waals surface area contributed by atoms with Crippen molar-refractivity contribution in [2.75, 3.05) is 31.3 Å². The van der Waals surface area contributed by atoms with Crippen molar-refractivity contribution in [2.45, 2.75) is 25.8 Å². The fourth-order valence-corrected chi connectivity index (χ4v) is 3.47. The zero-order chi connectivity index (χ0) is 17.0. The largest absolute Gasteiger partial charge is 0.487 e. The second-order valence-corrected chi connectivity index (χ2v) is 7.44. The van der Waals surface area contributed by atoms with Gasteiger partial charge in [-0.25, -0.2) is 12.7 Å². The van der Waals surface area contributed by atoms with Crippen LogP contribution in [0.25, 0.3) is 0 Å². The molecule has 1 aromatic rings. The molecule has 0 aromatic heterocycles. The quantitative estimate of drug-likeness (QED) is 0.624. The van der Waals surface area contributed by atoms with Crippen molar-refractivity contribution < 1.29 is 18.1 Å². The Morgan fingerprint density at radius 2 is 2.04 bits per heavy atom. The van der Waals surface area contributed by atoms with E-state index in [9.17, 15) is 18.5 Å². The van der Waals surface area contributed by atoms with Gasteiger partial charge in [-0.05, 0) is 25.8 Å². The Balaban J connectivity index is 2.04. The standard InChI is InChI=1S/C14H21N3O5S/c1-3-22-14-10-12(4-5-13(14)17(18)19)15-11-6-8-16(9-7-11)23(2,20)21/h4-5,10-11,15H,3,6-9H2,1-2H3. The van der Waals surface area contributed by atoms with Crippen molar-refractivity contribution >= 4 is 21.4 Å². The Morgan fingerprint density at radius 1 is 1.39 bits per heavy atom. The number of hydrogen-bond donors (Lipinski definition) is 1. The van der Waals surface area contributed by atoms with Crippen LogP contribution in [0.15, 0.2) is 18.2 Å². The minimum Gasteiger partial charge on any atom is -0.487 e. The molecular weight excluding hydrogens is 322 g/mol. The molecule has 0 aliphatic carbocycles. The highest BCUT2D eigenvalue weighted by atomic mass is 32.2. The van der Waals surface area contributed by atoms with Crippen molar-refractivity contribution in [2.24, 2.45) is 0 Å². The van der Waals surface area contributed by atoms with Crippen LogP contribution in [0.5, 0.6) is 5.75 Å². The summed E-state index contributed by atoms with van der Waals surface area (Å²) in [5.41, 5.74) is 0.668. The molecule has 1 aliphatic rings. The van der Waals surface area contributed by atoms with E-state index in [1.807, 2.05) is 0 Å². The molecule has 2 rings (SSSR count). The number of nitro benzene ring substituents is 1. The summed E-state index contributed by atoms with van der Waals surface area (Å²) in [5.74, 6) is 0.232. The lowest BCUT2D eigenvalue weighted by Gasteiger charge is -2.31. The lowest BCUT2D eigenvalue weighted by atomic mass is 10.1. The molecule has 0 spiro atoms. The molecule has 0 radical (unpaired) electrons. The molecule has 9 heteroatoms. The normalized spacial score (nSPS) is 17.0. The van der Waals surface area contributed by atoms with Crippen LogP contribution in [0.4, 0.5) is 11.4 Å². The van der Waals surface area contributed by atoms with Crippen molar-refractivity contribution in [1.82, 2.24) is 4.31 Å². The van der Waals surface area contributed by atoms with Gasteiger partial charge in [0.25, 0.3) is 0 Å². The molecule has 1 aliphatic heterocycles. The predicted molar refractivity (Wildman–Crippen MR) is 87.3 cm³/mol. The first-order valence-corrected chi connectivity index (χ1v) is 9.29. The highest BCUT2D eigenvalue weighted by Crippen LogP contribution is 2.31. The second-order valence-electron chi connectivity index (χ2n) is 5.45. The van der Waals surface area contributed by atoms with Gasteiger partial charge in [-0.1, -0.05) is 0 Å². The molecule has 1 N–H and O–H groups in total. The van der Waals surface area contributed by atoms with E-state index in [4.69, 9.17) is 4.74 Å². The number of nitro groups is 1. The minimum atomic E-state index is -3.14. The minimum absolute atomic E-state index is 0.0655. The number of hydrogen-bond acceptors (Lipinski definition) is 6. The number of ether oxygens (including phenoxy) is 1. The lowest BCUT2D eigenvalue weighted by molar-refractivity contribution is -0.385. The van der Waals surface area contributed by atoms with Gasteiger partial charge in [0.05, 0.1) is 17.8 Å². The summed E-state index contributed by atoms with van der Waals surface area (Å²) in [4.78, 5) is 10.5. The summed E-state index contributed by atoms with van der Waals surface area (Å²) < 4.78 is 29.8. The van der Waals surface area contributed by atoms with E-state index in [0.29, 0.717) is 32.5 Å². The van der Waals surface area contributed by atoms with Gasteiger partial charge in [-0.3, -0.25) is 10.1 Å². The third-order valence-electron chi connectivity index (χ3n) is 3.75. The van der Waals surface area contributed by atoms with Crippen molar-refractivity contribution in [3.8, 4) is 5.75 Å². The summed E-state index contributed by atoms with van der Waals surface area (Å²) in [6.45, 7) is 3.06. The summed E-state index contributed by atoms with van der Waals surface area (Å²) in [6, 6.07) is 4.80. The number of piperidine rings is 1. The zero-order valence-corrected chi connectivity index (χ0v) is 14.0. The maximum Gasteiger partial charge on any atom is 0.311 e. The monoisotopic (exact) mass is 343 g/mol. The zero-order valence-electron chi connectivity index (χ0n) is 13.2. The Hall–Kier alpha value is -1.87. The van der Waals surface area contributed by atoms with Gasteiger partial charge >= 0.3 is 5.69 Å². The fourth-order valence-electron chi connectivity index (χ4n) is 2.59. The molecule has 0 amide bonds. The van der Waals surface area contributed by atoms with Gasteiger partial charge in [0.15, 0.2) is 5.75 Å². The SMILES string of the molecule is CCOc1cc(NC2CCN(S(C)(=O)=O)CC2)ccc1[N+](=O)[O-]. The van der Waals surface area contributed by atoms with E-state index in [2.05, 4.69) is 5.32 Å². The number of sulfonamides is 1. The summed E-state index contributed by atoms with van der Waals surface area (Å²) in [6.07, 6.45) is 2.59. The van der Waals surface area contributed by atoms with E-state index >= 15 is 0 Å². The molecule has 1 heterocycles.